The summed E-state index contributed by atoms with van der Waals surface area (Å²) in [6.45, 7) is 5.77. The van der Waals surface area contributed by atoms with Crippen LogP contribution < -0.4 is 5.32 Å². The molecule has 0 spiro atoms. The maximum atomic E-state index is 3.64. The smallest absolute Gasteiger partial charge is 0.0241 e. The molecule has 7 heavy (non-hydrogen) atoms. The monoisotopic (exact) mass is 99.1 g/mol. The molecule has 0 amide bonds. The fraction of sp³-hybridized carbons (Fsp3) is 0.667. The summed E-state index contributed by atoms with van der Waals surface area (Å²) in [4.78, 5) is 0. The maximum Gasteiger partial charge on any atom is 0.0241 e. The van der Waals surface area contributed by atoms with Gasteiger partial charge in [-0.3, -0.25) is 0 Å². The van der Waals surface area contributed by atoms with Gasteiger partial charge in [0.05, 0.1) is 0 Å². The molecule has 0 aliphatic rings. The van der Waals surface area contributed by atoms with Gasteiger partial charge in [0, 0.05) is 6.04 Å². The molecule has 0 bridgehead atoms. The minimum Gasteiger partial charge on any atom is -0.314 e. The molecule has 1 atom stereocenters. The number of nitrogens with one attached hydrogen (secondary N) is 1. The summed E-state index contributed by atoms with van der Waals surface area (Å²) in [6.07, 6.45) is 3.04. The van der Waals surface area contributed by atoms with Gasteiger partial charge in [0.2, 0.25) is 0 Å². The zero-order chi connectivity index (χ0) is 5.70. The number of hydrogen-bond donors (Lipinski definition) is 1. The van der Waals surface area contributed by atoms with Crippen LogP contribution >= 0.6 is 0 Å². The summed E-state index contributed by atoms with van der Waals surface area (Å²) in [7, 11) is 1.94. The number of hydrogen-bond acceptors (Lipinski definition) is 1. The van der Waals surface area contributed by atoms with Crippen molar-refractivity contribution in [1.82, 2.24) is 5.32 Å². The molecule has 0 saturated heterocycles. The Balaban J connectivity index is 3.16. The lowest BCUT2D eigenvalue weighted by atomic mass is 10.2. The predicted octanol–water partition coefficient (Wildman–Crippen LogP) is 1.17. The van der Waals surface area contributed by atoms with Gasteiger partial charge in [-0.1, -0.05) is 13.0 Å². The van der Waals surface area contributed by atoms with Crippen LogP contribution in [0.25, 0.3) is 0 Å². The van der Waals surface area contributed by atoms with E-state index in [9.17, 15) is 0 Å². The van der Waals surface area contributed by atoms with Crippen molar-refractivity contribution in [3.05, 3.63) is 12.7 Å². The van der Waals surface area contributed by atoms with Crippen molar-refractivity contribution >= 4 is 0 Å². The molecule has 1 N–H and O–H groups in total. The molecule has 1 nitrogen and oxygen atoms in total. The fourth-order valence-corrected chi connectivity index (χ4v) is 0.489. The van der Waals surface area contributed by atoms with E-state index in [0.717, 1.165) is 6.42 Å². The molecule has 1 heteroatoms. The molecular weight excluding hydrogens is 86.1 g/mol. The third-order valence-corrected chi connectivity index (χ3v) is 1.10. The second-order valence-corrected chi connectivity index (χ2v) is 1.54. The van der Waals surface area contributed by atoms with E-state index in [0.29, 0.717) is 6.04 Å². The van der Waals surface area contributed by atoms with Crippen molar-refractivity contribution in [2.24, 2.45) is 0 Å². The van der Waals surface area contributed by atoms with Crippen LogP contribution in [-0.4, -0.2) is 13.1 Å². The Morgan fingerprint density at radius 1 is 1.86 bits per heavy atom. The van der Waals surface area contributed by atoms with Crippen LogP contribution in [0.4, 0.5) is 0 Å². The minimum absolute atomic E-state index is 0.500. The third kappa shape index (κ3) is 2.40. The SMILES string of the molecule is C=CC(CC)NC. The van der Waals surface area contributed by atoms with Crippen LogP contribution in [0.1, 0.15) is 13.3 Å². The molecule has 0 aromatic carbocycles. The zero-order valence-corrected chi connectivity index (χ0v) is 5.07. The molecule has 0 aliphatic heterocycles. The topological polar surface area (TPSA) is 12.0 Å². The van der Waals surface area contributed by atoms with Crippen molar-refractivity contribution in [1.29, 1.82) is 0 Å². The molecule has 0 aromatic heterocycles. The Hall–Kier alpha value is -0.300. The van der Waals surface area contributed by atoms with E-state index in [1.807, 2.05) is 13.1 Å². The summed E-state index contributed by atoms with van der Waals surface area (Å²) in [5, 5.41) is 3.08. The Morgan fingerprint density at radius 3 is 2.43 bits per heavy atom. The van der Waals surface area contributed by atoms with Gasteiger partial charge in [0.25, 0.3) is 0 Å². The van der Waals surface area contributed by atoms with Gasteiger partial charge >= 0.3 is 0 Å². The van der Waals surface area contributed by atoms with Crippen LogP contribution in [0.15, 0.2) is 12.7 Å². The lowest BCUT2D eigenvalue weighted by Gasteiger charge is -2.04. The molecule has 0 heterocycles. The first-order valence-electron chi connectivity index (χ1n) is 2.65. The van der Waals surface area contributed by atoms with Crippen molar-refractivity contribution in [2.75, 3.05) is 7.05 Å². The van der Waals surface area contributed by atoms with E-state index in [1.54, 1.807) is 0 Å². The van der Waals surface area contributed by atoms with E-state index in [-0.39, 0.29) is 0 Å². The average molecular weight is 99.2 g/mol. The summed E-state index contributed by atoms with van der Waals surface area (Å²) < 4.78 is 0. The predicted molar refractivity (Wildman–Crippen MR) is 33.3 cm³/mol. The Kier molecular flexibility index (Phi) is 3.71. The first-order valence-corrected chi connectivity index (χ1v) is 2.65. The van der Waals surface area contributed by atoms with E-state index in [4.69, 9.17) is 0 Å². The van der Waals surface area contributed by atoms with Gasteiger partial charge in [-0.2, -0.15) is 0 Å². The first-order chi connectivity index (χ1) is 3.35. The Bertz CT molecular complexity index is 46.1. The van der Waals surface area contributed by atoms with Crippen LogP contribution in [-0.2, 0) is 0 Å². The number of likely N-dealkylation sites (N-methyl/N-ethyl adjacent to an activating group) is 1. The van der Waals surface area contributed by atoms with Gasteiger partial charge in [0.15, 0.2) is 0 Å². The van der Waals surface area contributed by atoms with Gasteiger partial charge in [-0.05, 0) is 13.5 Å². The summed E-state index contributed by atoms with van der Waals surface area (Å²) in [5.74, 6) is 0. The molecule has 0 fully saturated rings. The molecular formula is C6H13N. The lowest BCUT2D eigenvalue weighted by Crippen LogP contribution is -2.20. The highest BCUT2D eigenvalue weighted by atomic mass is 14.8. The molecule has 0 saturated carbocycles. The Morgan fingerprint density at radius 2 is 2.43 bits per heavy atom. The Labute approximate surface area is 45.4 Å². The van der Waals surface area contributed by atoms with E-state index < -0.39 is 0 Å². The summed E-state index contributed by atoms with van der Waals surface area (Å²) >= 11 is 0. The maximum absolute atomic E-state index is 3.64. The second kappa shape index (κ2) is 3.88. The van der Waals surface area contributed by atoms with Crippen LogP contribution in [0.5, 0.6) is 0 Å². The highest BCUT2D eigenvalue weighted by Gasteiger charge is 1.90. The van der Waals surface area contributed by atoms with Crippen molar-refractivity contribution in [3.63, 3.8) is 0 Å². The molecule has 1 unspecified atom stereocenters. The largest absolute Gasteiger partial charge is 0.314 e. The highest BCUT2D eigenvalue weighted by molar-refractivity contribution is 4.82. The first kappa shape index (κ1) is 6.70. The van der Waals surface area contributed by atoms with Gasteiger partial charge < -0.3 is 5.32 Å². The highest BCUT2D eigenvalue weighted by Crippen LogP contribution is 1.86. The average Bonchev–Trinajstić information content (AvgIpc) is 1.72. The minimum atomic E-state index is 0.500. The molecule has 0 radical (unpaired) electrons. The van der Waals surface area contributed by atoms with E-state index in [2.05, 4.69) is 18.8 Å². The normalized spacial score (nSPS) is 13.4. The van der Waals surface area contributed by atoms with Crippen molar-refractivity contribution in [3.8, 4) is 0 Å². The van der Waals surface area contributed by atoms with Crippen LogP contribution in [0, 0.1) is 0 Å². The van der Waals surface area contributed by atoms with E-state index >= 15 is 0 Å². The molecule has 0 aliphatic carbocycles. The zero-order valence-electron chi connectivity index (χ0n) is 5.07. The second-order valence-electron chi connectivity index (χ2n) is 1.54. The standard InChI is InChI=1S/C6H13N/c1-4-6(5-2)7-3/h4,6-7H,1,5H2,2-3H3. The number of rotatable bonds is 3. The molecule has 42 valence electrons. The van der Waals surface area contributed by atoms with Gasteiger partial charge in [-0.15, -0.1) is 6.58 Å². The van der Waals surface area contributed by atoms with Crippen molar-refractivity contribution < 1.29 is 0 Å². The molecule has 0 aromatic rings. The van der Waals surface area contributed by atoms with E-state index in [1.165, 1.54) is 0 Å². The fourth-order valence-electron chi connectivity index (χ4n) is 0.489. The molecule has 0 rings (SSSR count). The van der Waals surface area contributed by atoms with Gasteiger partial charge in [0.1, 0.15) is 0 Å². The quantitative estimate of drug-likeness (QED) is 0.524. The lowest BCUT2D eigenvalue weighted by molar-refractivity contribution is 0.649. The van der Waals surface area contributed by atoms with Crippen LogP contribution in [0.2, 0.25) is 0 Å². The van der Waals surface area contributed by atoms with Crippen LogP contribution in [0.3, 0.4) is 0 Å². The third-order valence-electron chi connectivity index (χ3n) is 1.10. The summed E-state index contributed by atoms with van der Waals surface area (Å²) in [6, 6.07) is 0.500. The summed E-state index contributed by atoms with van der Waals surface area (Å²) in [5.41, 5.74) is 0. The van der Waals surface area contributed by atoms with Gasteiger partial charge in [-0.25, -0.2) is 0 Å². The van der Waals surface area contributed by atoms with Crippen molar-refractivity contribution in [2.45, 2.75) is 19.4 Å².